The molecule has 0 aliphatic carbocycles. The Balaban J connectivity index is 3.22. The predicted octanol–water partition coefficient (Wildman–Crippen LogP) is 2.47. The molecule has 1 rings (SSSR count). The second-order valence-corrected chi connectivity index (χ2v) is 3.67. The van der Waals surface area contributed by atoms with Crippen molar-refractivity contribution in [3.05, 3.63) is 22.2 Å². The Hall–Kier alpha value is -0.810. The first-order chi connectivity index (χ1) is 7.15. The van der Waals surface area contributed by atoms with Crippen molar-refractivity contribution in [2.45, 2.75) is 6.10 Å². The lowest BCUT2D eigenvalue weighted by Crippen LogP contribution is -2.02. The summed E-state index contributed by atoms with van der Waals surface area (Å²) < 4.78 is 23.0. The van der Waals surface area contributed by atoms with Crippen LogP contribution >= 0.6 is 15.9 Å². The zero-order valence-corrected chi connectivity index (χ0v) is 10.0. The molecular formula is C10H12BrFO3. The van der Waals surface area contributed by atoms with Crippen LogP contribution in [0.2, 0.25) is 0 Å². The van der Waals surface area contributed by atoms with Gasteiger partial charge < -0.3 is 14.6 Å². The van der Waals surface area contributed by atoms with Gasteiger partial charge in [-0.1, -0.05) is 6.07 Å². The van der Waals surface area contributed by atoms with Gasteiger partial charge in [0, 0.05) is 5.56 Å². The van der Waals surface area contributed by atoms with Crippen LogP contribution in [0.25, 0.3) is 0 Å². The van der Waals surface area contributed by atoms with E-state index < -0.39 is 12.8 Å². The van der Waals surface area contributed by atoms with Crippen LogP contribution in [0.1, 0.15) is 11.7 Å². The van der Waals surface area contributed by atoms with Crippen molar-refractivity contribution in [2.24, 2.45) is 0 Å². The third-order valence-corrected chi connectivity index (χ3v) is 2.84. The first kappa shape index (κ1) is 12.3. The van der Waals surface area contributed by atoms with E-state index >= 15 is 0 Å². The van der Waals surface area contributed by atoms with Crippen LogP contribution in [0.5, 0.6) is 11.5 Å². The number of alkyl halides is 1. The van der Waals surface area contributed by atoms with Gasteiger partial charge in [-0.15, -0.1) is 0 Å². The van der Waals surface area contributed by atoms with E-state index in [1.807, 2.05) is 0 Å². The highest BCUT2D eigenvalue weighted by Gasteiger charge is 2.17. The first-order valence-corrected chi connectivity index (χ1v) is 5.09. The van der Waals surface area contributed by atoms with E-state index in [4.69, 9.17) is 9.47 Å². The lowest BCUT2D eigenvalue weighted by Gasteiger charge is -2.14. The Morgan fingerprint density at radius 2 is 2.07 bits per heavy atom. The summed E-state index contributed by atoms with van der Waals surface area (Å²) in [4.78, 5) is 0. The van der Waals surface area contributed by atoms with Crippen molar-refractivity contribution in [2.75, 3.05) is 20.9 Å². The molecular weight excluding hydrogens is 267 g/mol. The second-order valence-electron chi connectivity index (χ2n) is 2.87. The van der Waals surface area contributed by atoms with Gasteiger partial charge in [0.2, 0.25) is 0 Å². The SMILES string of the molecule is COc1ccc(C(O)CF)c(Br)c1OC. The van der Waals surface area contributed by atoms with Gasteiger partial charge in [0.1, 0.15) is 12.8 Å². The molecule has 0 amide bonds. The summed E-state index contributed by atoms with van der Waals surface area (Å²) in [6.07, 6.45) is -1.15. The normalized spacial score (nSPS) is 12.3. The molecule has 84 valence electrons. The third kappa shape index (κ3) is 2.41. The molecule has 0 bridgehead atoms. The molecule has 0 saturated heterocycles. The maximum atomic E-state index is 12.3. The number of aliphatic hydroxyl groups is 1. The molecule has 0 saturated carbocycles. The fourth-order valence-corrected chi connectivity index (χ4v) is 2.00. The molecule has 1 unspecified atom stereocenters. The topological polar surface area (TPSA) is 38.7 Å². The molecule has 0 spiro atoms. The average molecular weight is 279 g/mol. The Morgan fingerprint density at radius 3 is 2.53 bits per heavy atom. The maximum Gasteiger partial charge on any atom is 0.175 e. The molecule has 0 heterocycles. The highest BCUT2D eigenvalue weighted by Crippen LogP contribution is 2.39. The minimum absolute atomic E-state index is 0.440. The molecule has 1 atom stereocenters. The van der Waals surface area contributed by atoms with Crippen molar-refractivity contribution < 1.29 is 19.0 Å². The van der Waals surface area contributed by atoms with Gasteiger partial charge in [-0.05, 0) is 22.0 Å². The van der Waals surface area contributed by atoms with E-state index in [0.29, 0.717) is 21.5 Å². The average Bonchev–Trinajstić information content (AvgIpc) is 2.27. The number of methoxy groups -OCH3 is 2. The largest absolute Gasteiger partial charge is 0.493 e. The molecule has 1 aromatic rings. The highest BCUT2D eigenvalue weighted by molar-refractivity contribution is 9.10. The first-order valence-electron chi connectivity index (χ1n) is 4.30. The summed E-state index contributed by atoms with van der Waals surface area (Å²) in [5.41, 5.74) is 0.440. The van der Waals surface area contributed by atoms with Gasteiger partial charge in [0.15, 0.2) is 11.5 Å². The van der Waals surface area contributed by atoms with Crippen LogP contribution < -0.4 is 9.47 Å². The van der Waals surface area contributed by atoms with Gasteiger partial charge in [0.05, 0.1) is 18.7 Å². The van der Waals surface area contributed by atoms with Crippen molar-refractivity contribution in [1.29, 1.82) is 0 Å². The minimum Gasteiger partial charge on any atom is -0.493 e. The van der Waals surface area contributed by atoms with Crippen molar-refractivity contribution in [3.63, 3.8) is 0 Å². The van der Waals surface area contributed by atoms with Gasteiger partial charge in [-0.2, -0.15) is 0 Å². The fourth-order valence-electron chi connectivity index (χ4n) is 1.24. The van der Waals surface area contributed by atoms with E-state index in [0.717, 1.165) is 0 Å². The van der Waals surface area contributed by atoms with Gasteiger partial charge in [-0.25, -0.2) is 4.39 Å². The molecule has 0 aromatic heterocycles. The predicted molar refractivity (Wildman–Crippen MR) is 58.2 cm³/mol. The molecule has 0 radical (unpaired) electrons. The molecule has 1 N–H and O–H groups in total. The summed E-state index contributed by atoms with van der Waals surface area (Å²) in [6.45, 7) is -0.839. The third-order valence-electron chi connectivity index (χ3n) is 2.02. The second kappa shape index (κ2) is 5.32. The zero-order valence-electron chi connectivity index (χ0n) is 8.46. The zero-order chi connectivity index (χ0) is 11.4. The summed E-state index contributed by atoms with van der Waals surface area (Å²) in [5, 5.41) is 9.39. The maximum absolute atomic E-state index is 12.3. The number of rotatable bonds is 4. The number of benzene rings is 1. The molecule has 5 heteroatoms. The smallest absolute Gasteiger partial charge is 0.175 e. The highest BCUT2D eigenvalue weighted by atomic mass is 79.9. The van der Waals surface area contributed by atoms with Crippen LogP contribution in [0.15, 0.2) is 16.6 Å². The summed E-state index contributed by atoms with van der Waals surface area (Å²) in [7, 11) is 2.99. The van der Waals surface area contributed by atoms with Crippen molar-refractivity contribution in [3.8, 4) is 11.5 Å². The molecule has 15 heavy (non-hydrogen) atoms. The quantitative estimate of drug-likeness (QED) is 0.920. The van der Waals surface area contributed by atoms with E-state index in [-0.39, 0.29) is 0 Å². The van der Waals surface area contributed by atoms with Crippen LogP contribution in [0, 0.1) is 0 Å². The fraction of sp³-hybridized carbons (Fsp3) is 0.400. The number of hydrogen-bond acceptors (Lipinski definition) is 3. The lowest BCUT2D eigenvalue weighted by atomic mass is 10.1. The Labute approximate surface area is 95.9 Å². The summed E-state index contributed by atoms with van der Waals surface area (Å²) in [5.74, 6) is 0.974. The Bertz CT molecular complexity index is 344. The van der Waals surface area contributed by atoms with E-state index in [2.05, 4.69) is 15.9 Å². The molecule has 0 aliphatic rings. The van der Waals surface area contributed by atoms with Gasteiger partial charge >= 0.3 is 0 Å². The Kier molecular flexibility index (Phi) is 4.35. The standard InChI is InChI=1S/C10H12BrFO3/c1-14-8-4-3-6(7(13)5-12)9(11)10(8)15-2/h3-4,7,13H,5H2,1-2H3. The van der Waals surface area contributed by atoms with Crippen LogP contribution in [-0.2, 0) is 0 Å². The number of ether oxygens (including phenoxy) is 2. The van der Waals surface area contributed by atoms with Gasteiger partial charge in [0.25, 0.3) is 0 Å². The number of aliphatic hydroxyl groups excluding tert-OH is 1. The molecule has 1 aromatic carbocycles. The number of hydrogen-bond donors (Lipinski definition) is 1. The van der Waals surface area contributed by atoms with Crippen molar-refractivity contribution >= 4 is 15.9 Å². The van der Waals surface area contributed by atoms with Gasteiger partial charge in [-0.3, -0.25) is 0 Å². The van der Waals surface area contributed by atoms with Crippen LogP contribution in [0.4, 0.5) is 4.39 Å². The monoisotopic (exact) mass is 278 g/mol. The summed E-state index contributed by atoms with van der Waals surface area (Å²) >= 11 is 3.24. The molecule has 0 fully saturated rings. The lowest BCUT2D eigenvalue weighted by molar-refractivity contribution is 0.140. The van der Waals surface area contributed by atoms with Crippen molar-refractivity contribution in [1.82, 2.24) is 0 Å². The number of halogens is 2. The summed E-state index contributed by atoms with van der Waals surface area (Å²) in [6, 6.07) is 3.22. The van der Waals surface area contributed by atoms with Crippen LogP contribution in [-0.4, -0.2) is 26.0 Å². The van der Waals surface area contributed by atoms with E-state index in [9.17, 15) is 9.50 Å². The molecule has 3 nitrogen and oxygen atoms in total. The minimum atomic E-state index is -1.15. The van der Waals surface area contributed by atoms with E-state index in [1.54, 1.807) is 12.1 Å². The Morgan fingerprint density at radius 1 is 1.40 bits per heavy atom. The molecule has 0 aliphatic heterocycles. The van der Waals surface area contributed by atoms with Crippen LogP contribution in [0.3, 0.4) is 0 Å². The van der Waals surface area contributed by atoms with E-state index in [1.165, 1.54) is 14.2 Å².